The number of aromatic amines is 1. The predicted molar refractivity (Wildman–Crippen MR) is 103 cm³/mol. The number of pyridine rings is 1. The molecule has 1 aromatic carbocycles. The topological polar surface area (TPSA) is 100 Å². The van der Waals surface area contributed by atoms with Gasteiger partial charge in [0.05, 0.1) is 10.6 Å². The number of halogens is 6. The van der Waals surface area contributed by atoms with Crippen molar-refractivity contribution in [3.05, 3.63) is 35.8 Å². The molecule has 174 valence electrons. The maximum absolute atomic E-state index is 12.6. The molecule has 0 atom stereocenters. The summed E-state index contributed by atoms with van der Waals surface area (Å²) < 4.78 is 105. The Morgan fingerprint density at radius 3 is 2.50 bits per heavy atom. The number of benzene rings is 1. The Kier molecular flexibility index (Phi) is 6.51. The van der Waals surface area contributed by atoms with Crippen molar-refractivity contribution in [1.29, 1.82) is 0 Å². The largest absolute Gasteiger partial charge is 0.446 e. The zero-order chi connectivity index (χ0) is 23.7. The molecule has 15 heteroatoms. The number of alkyl halides is 6. The first kappa shape index (κ1) is 24.0. The van der Waals surface area contributed by atoms with Crippen molar-refractivity contribution in [2.24, 2.45) is 5.10 Å². The summed E-state index contributed by atoms with van der Waals surface area (Å²) in [4.78, 5) is 6.20. The molecule has 0 saturated heterocycles. The quantitative estimate of drug-likeness (QED) is 0.299. The Hall–Kier alpha value is -2.68. The van der Waals surface area contributed by atoms with Gasteiger partial charge < -0.3 is 9.40 Å². The lowest BCUT2D eigenvalue weighted by atomic mass is 10.3. The number of hydrogen-bond acceptors (Lipinski definition) is 7. The molecule has 3 rings (SSSR count). The van der Waals surface area contributed by atoms with E-state index in [9.17, 15) is 34.8 Å². The number of hydrogen-bond donors (Lipinski definition) is 2. The van der Waals surface area contributed by atoms with Crippen LogP contribution in [0.15, 0.2) is 49.6 Å². The van der Waals surface area contributed by atoms with Crippen LogP contribution < -0.4 is 10.9 Å². The highest BCUT2D eigenvalue weighted by atomic mass is 32.2. The molecule has 2 N–H and O–H groups in total. The Balaban J connectivity index is 2.10. The molecule has 0 amide bonds. The molecule has 7 nitrogen and oxygen atoms in total. The van der Waals surface area contributed by atoms with E-state index in [2.05, 4.69) is 15.1 Å². The van der Waals surface area contributed by atoms with Gasteiger partial charge in [-0.2, -0.15) is 31.4 Å². The maximum atomic E-state index is 12.6. The first-order chi connectivity index (χ1) is 14.8. The van der Waals surface area contributed by atoms with Crippen LogP contribution in [0.3, 0.4) is 0 Å². The highest BCUT2D eigenvalue weighted by Gasteiger charge is 2.30. The number of fused-ring (bicyclic) bond motifs is 1. The second kappa shape index (κ2) is 8.69. The highest BCUT2D eigenvalue weighted by molar-refractivity contribution is 8.00. The fourth-order valence-electron chi connectivity index (χ4n) is 2.53. The van der Waals surface area contributed by atoms with Gasteiger partial charge >= 0.3 is 11.7 Å². The minimum atomic E-state index is -4.52. The first-order valence-corrected chi connectivity index (χ1v) is 11.2. The van der Waals surface area contributed by atoms with Crippen molar-refractivity contribution in [1.82, 2.24) is 15.4 Å². The molecule has 0 bridgehead atoms. The summed E-state index contributed by atoms with van der Waals surface area (Å²) >= 11 is -0.355. The molecule has 0 fully saturated rings. The molecule has 32 heavy (non-hydrogen) atoms. The summed E-state index contributed by atoms with van der Waals surface area (Å²) in [5.41, 5.74) is -2.97. The fraction of sp³-hybridized carbons (Fsp3) is 0.294. The third kappa shape index (κ3) is 5.97. The van der Waals surface area contributed by atoms with Crippen molar-refractivity contribution in [3.8, 4) is 11.6 Å². The predicted octanol–water partition coefficient (Wildman–Crippen LogP) is 4.20. The molecular formula is C17H14F6N4O3S2. The fourth-order valence-corrected chi connectivity index (χ4v) is 4.14. The number of rotatable bonds is 6. The number of nitrogens with one attached hydrogen (secondary N) is 2. The average Bonchev–Trinajstić information content (AvgIpc) is 3.09. The van der Waals surface area contributed by atoms with Crippen LogP contribution in [-0.4, -0.2) is 42.4 Å². The number of thioether (sulfide) groups is 1. The summed E-state index contributed by atoms with van der Waals surface area (Å²) in [6.45, 7) is -0.0390. The molecule has 0 aliphatic rings. The van der Waals surface area contributed by atoms with E-state index < -0.39 is 28.1 Å². The maximum Gasteiger partial charge on any atom is 0.446 e. The minimum Gasteiger partial charge on any atom is -0.435 e. The molecular weight excluding hydrogens is 486 g/mol. The van der Waals surface area contributed by atoms with E-state index in [4.69, 9.17) is 4.42 Å². The van der Waals surface area contributed by atoms with Crippen molar-refractivity contribution in [3.63, 3.8) is 0 Å². The lowest BCUT2D eigenvalue weighted by molar-refractivity contribution is -0.124. The van der Waals surface area contributed by atoms with Gasteiger partial charge in [-0.3, -0.25) is 5.43 Å². The zero-order valence-corrected chi connectivity index (χ0v) is 17.6. The molecule has 2 aromatic heterocycles. The van der Waals surface area contributed by atoms with E-state index in [1.807, 2.05) is 5.43 Å². The summed E-state index contributed by atoms with van der Waals surface area (Å²) in [5.74, 6) is -0.586. The SMILES string of the molecule is CCS(=O)(=O)c1ccc(=NNCC(F)(F)F)[nH]c1-c1nc2cc(SC(F)(F)F)ccc2o1. The van der Waals surface area contributed by atoms with E-state index in [1.165, 1.54) is 13.0 Å². The normalized spacial score (nSPS) is 13.7. The van der Waals surface area contributed by atoms with Crippen LogP contribution in [0.1, 0.15) is 6.92 Å². The van der Waals surface area contributed by atoms with Gasteiger partial charge in [-0.05, 0) is 42.1 Å². The molecule has 0 radical (unpaired) electrons. The smallest absolute Gasteiger partial charge is 0.435 e. The standard InChI is InChI=1S/C17H14F6N4O3S2/c1-2-32(28,29)12-5-6-13(27-24-8-16(18,19)20)26-14(12)15-25-10-7-9(31-17(21,22)23)3-4-11(10)30-15/h3-7,24H,2,8H2,1H3,(H,26,27). The average molecular weight is 500 g/mol. The third-order valence-corrected chi connectivity index (χ3v) is 6.38. The molecule has 3 aromatic rings. The van der Waals surface area contributed by atoms with Crippen molar-refractivity contribution in [2.75, 3.05) is 12.3 Å². The van der Waals surface area contributed by atoms with Gasteiger partial charge in [0.25, 0.3) is 0 Å². The number of H-pyrrole nitrogens is 1. The minimum absolute atomic E-state index is 0.0278. The van der Waals surface area contributed by atoms with E-state index in [1.54, 1.807) is 0 Å². The Bertz CT molecular complexity index is 1300. The van der Waals surface area contributed by atoms with Crippen LogP contribution in [0, 0.1) is 0 Å². The first-order valence-electron chi connectivity index (χ1n) is 8.73. The summed E-state index contributed by atoms with van der Waals surface area (Å²) in [6.07, 6.45) is -4.52. The number of aromatic nitrogens is 2. The van der Waals surface area contributed by atoms with Crippen LogP contribution in [0.4, 0.5) is 26.3 Å². The highest BCUT2D eigenvalue weighted by Crippen LogP contribution is 2.38. The van der Waals surface area contributed by atoms with Crippen molar-refractivity contribution in [2.45, 2.75) is 28.4 Å². The van der Waals surface area contributed by atoms with Gasteiger partial charge in [-0.1, -0.05) is 6.92 Å². The van der Waals surface area contributed by atoms with E-state index >= 15 is 0 Å². The van der Waals surface area contributed by atoms with Crippen LogP contribution in [0.2, 0.25) is 0 Å². The van der Waals surface area contributed by atoms with E-state index in [0.717, 1.165) is 24.3 Å². The van der Waals surface area contributed by atoms with Crippen molar-refractivity contribution < 1.29 is 39.2 Å². The van der Waals surface area contributed by atoms with Crippen LogP contribution in [0.25, 0.3) is 22.7 Å². The molecule has 0 aliphatic heterocycles. The lowest BCUT2D eigenvalue weighted by Crippen LogP contribution is -2.27. The Morgan fingerprint density at radius 2 is 1.88 bits per heavy atom. The lowest BCUT2D eigenvalue weighted by Gasteiger charge is -2.07. The second-order valence-corrected chi connectivity index (χ2v) is 9.63. The van der Waals surface area contributed by atoms with Gasteiger partial charge in [-0.25, -0.2) is 13.4 Å². The monoisotopic (exact) mass is 500 g/mol. The van der Waals surface area contributed by atoms with Gasteiger partial charge in [0.1, 0.15) is 23.2 Å². The van der Waals surface area contributed by atoms with E-state index in [-0.39, 0.29) is 55.5 Å². The van der Waals surface area contributed by atoms with Gasteiger partial charge in [0, 0.05) is 4.90 Å². The molecule has 0 aliphatic carbocycles. The number of sulfone groups is 1. The summed E-state index contributed by atoms with van der Waals surface area (Å²) in [6, 6.07) is 5.80. The number of oxazole rings is 1. The van der Waals surface area contributed by atoms with Crippen LogP contribution in [0.5, 0.6) is 0 Å². The van der Waals surface area contributed by atoms with Crippen LogP contribution in [-0.2, 0) is 9.84 Å². The Morgan fingerprint density at radius 1 is 1.16 bits per heavy atom. The second-order valence-electron chi connectivity index (χ2n) is 6.24. The molecule has 0 unspecified atom stereocenters. The summed E-state index contributed by atoms with van der Waals surface area (Å²) in [7, 11) is -3.83. The van der Waals surface area contributed by atoms with Crippen LogP contribution >= 0.6 is 11.8 Å². The van der Waals surface area contributed by atoms with Gasteiger partial charge in [-0.15, -0.1) is 0 Å². The molecule has 2 heterocycles. The number of nitrogens with zero attached hydrogens (tertiary/aromatic N) is 2. The molecule has 0 spiro atoms. The van der Waals surface area contributed by atoms with Gasteiger partial charge in [0.15, 0.2) is 15.4 Å². The Labute approximate surface area is 180 Å². The summed E-state index contributed by atoms with van der Waals surface area (Å²) in [5, 5.41) is 3.52. The molecule has 0 saturated carbocycles. The third-order valence-electron chi connectivity index (χ3n) is 3.89. The zero-order valence-electron chi connectivity index (χ0n) is 16.0. The van der Waals surface area contributed by atoms with E-state index in [0.29, 0.717) is 0 Å². The van der Waals surface area contributed by atoms with Gasteiger partial charge in [0.2, 0.25) is 5.89 Å². The van der Waals surface area contributed by atoms with Crippen molar-refractivity contribution >= 4 is 32.7 Å².